The number of hydrogen-bond donors (Lipinski definition) is 1. The normalized spacial score (nSPS) is 12.4. The summed E-state index contributed by atoms with van der Waals surface area (Å²) < 4.78 is 26.5. The second-order valence-electron chi connectivity index (χ2n) is 9.02. The summed E-state index contributed by atoms with van der Waals surface area (Å²) in [6.45, 7) is 9.46. The van der Waals surface area contributed by atoms with Gasteiger partial charge in [-0.2, -0.15) is 0 Å². The molecule has 0 spiro atoms. The molecule has 2 aromatic rings. The minimum atomic E-state index is -3.76. The van der Waals surface area contributed by atoms with Gasteiger partial charge in [-0.1, -0.05) is 49.7 Å². The van der Waals surface area contributed by atoms with E-state index in [1.807, 2.05) is 32.9 Å². The van der Waals surface area contributed by atoms with Crippen molar-refractivity contribution in [3.63, 3.8) is 0 Å². The molecule has 0 fully saturated rings. The van der Waals surface area contributed by atoms with E-state index >= 15 is 0 Å². The Hall–Kier alpha value is -2.58. The average molecular weight is 508 g/mol. The Morgan fingerprint density at radius 3 is 2.21 bits per heavy atom. The summed E-state index contributed by atoms with van der Waals surface area (Å²) in [5.41, 5.74) is 2.83. The number of carbonyl (C=O) groups excluding carboxylic acids is 2. The lowest BCUT2D eigenvalue weighted by molar-refractivity contribution is -0.139. The highest BCUT2D eigenvalue weighted by Gasteiger charge is 2.30. The van der Waals surface area contributed by atoms with Crippen molar-refractivity contribution in [3.8, 4) is 0 Å². The number of amides is 2. The molecule has 34 heavy (non-hydrogen) atoms. The summed E-state index contributed by atoms with van der Waals surface area (Å²) in [6.07, 6.45) is 1.07. The highest BCUT2D eigenvalue weighted by Crippen LogP contribution is 2.24. The van der Waals surface area contributed by atoms with Gasteiger partial charge >= 0.3 is 0 Å². The molecule has 9 heteroatoms. The first-order valence-corrected chi connectivity index (χ1v) is 13.4. The van der Waals surface area contributed by atoms with E-state index in [-0.39, 0.29) is 18.4 Å². The molecule has 0 aliphatic carbocycles. The predicted molar refractivity (Wildman–Crippen MR) is 137 cm³/mol. The molecule has 186 valence electrons. The second kappa shape index (κ2) is 11.7. The third-order valence-electron chi connectivity index (χ3n) is 5.43. The van der Waals surface area contributed by atoms with E-state index in [1.54, 1.807) is 44.2 Å². The Morgan fingerprint density at radius 1 is 1.03 bits per heavy atom. The van der Waals surface area contributed by atoms with Gasteiger partial charge in [-0.05, 0) is 61.6 Å². The number of halogens is 1. The second-order valence-corrected chi connectivity index (χ2v) is 11.4. The molecule has 0 heterocycles. The van der Waals surface area contributed by atoms with Crippen molar-refractivity contribution in [2.45, 2.75) is 47.2 Å². The lowest BCUT2D eigenvalue weighted by atomic mass is 10.1. The van der Waals surface area contributed by atoms with Gasteiger partial charge in [-0.25, -0.2) is 8.42 Å². The van der Waals surface area contributed by atoms with Crippen LogP contribution in [-0.4, -0.2) is 50.5 Å². The molecule has 2 rings (SSSR count). The van der Waals surface area contributed by atoms with E-state index in [0.717, 1.165) is 27.3 Å². The Morgan fingerprint density at radius 2 is 1.65 bits per heavy atom. The molecule has 0 aliphatic heterocycles. The molecule has 0 unspecified atom stereocenters. The minimum Gasteiger partial charge on any atom is -0.354 e. The maximum atomic E-state index is 13.5. The molecule has 0 saturated heterocycles. The van der Waals surface area contributed by atoms with Crippen molar-refractivity contribution in [2.75, 3.05) is 23.7 Å². The number of sulfonamides is 1. The van der Waals surface area contributed by atoms with Crippen LogP contribution in [0.1, 0.15) is 37.5 Å². The standard InChI is InChI=1S/C25H34ClN3O4S/c1-17(2)14-27-25(31)20(5)28(15-21-9-11-22(26)12-10-21)24(30)16-29(34(6,32)33)23-13-18(3)7-8-19(23)4/h7-13,17,20H,14-16H2,1-6H3,(H,27,31)/t20-/m0/s1. The molecule has 2 amide bonds. The number of hydrogen-bond acceptors (Lipinski definition) is 4. The zero-order chi connectivity index (χ0) is 25.6. The van der Waals surface area contributed by atoms with Crippen LogP contribution in [0.2, 0.25) is 5.02 Å². The quantitative estimate of drug-likeness (QED) is 0.528. The predicted octanol–water partition coefficient (Wildman–Crippen LogP) is 3.91. The van der Waals surface area contributed by atoms with Gasteiger partial charge in [0, 0.05) is 18.1 Å². The van der Waals surface area contributed by atoms with Gasteiger partial charge in [-0.3, -0.25) is 13.9 Å². The first-order chi connectivity index (χ1) is 15.8. The largest absolute Gasteiger partial charge is 0.354 e. The van der Waals surface area contributed by atoms with Crippen LogP contribution in [-0.2, 0) is 26.2 Å². The fourth-order valence-electron chi connectivity index (χ4n) is 3.40. The Bertz CT molecular complexity index is 1120. The van der Waals surface area contributed by atoms with Crippen molar-refractivity contribution in [2.24, 2.45) is 5.92 Å². The molecule has 1 atom stereocenters. The number of carbonyl (C=O) groups is 2. The van der Waals surface area contributed by atoms with Crippen LogP contribution >= 0.6 is 11.6 Å². The molecule has 2 aromatic carbocycles. The van der Waals surface area contributed by atoms with E-state index in [2.05, 4.69) is 5.32 Å². The summed E-state index contributed by atoms with van der Waals surface area (Å²) in [7, 11) is -3.76. The number of anilines is 1. The zero-order valence-corrected chi connectivity index (χ0v) is 22.2. The third kappa shape index (κ3) is 7.74. The number of benzene rings is 2. The topological polar surface area (TPSA) is 86.8 Å². The molecule has 0 radical (unpaired) electrons. The molecule has 0 saturated carbocycles. The lowest BCUT2D eigenvalue weighted by Crippen LogP contribution is -2.51. The first kappa shape index (κ1) is 27.7. The summed E-state index contributed by atoms with van der Waals surface area (Å²) in [5, 5.41) is 3.42. The van der Waals surface area contributed by atoms with Gasteiger partial charge in [0.1, 0.15) is 12.6 Å². The van der Waals surface area contributed by atoms with Crippen LogP contribution in [0.3, 0.4) is 0 Å². The summed E-state index contributed by atoms with van der Waals surface area (Å²) in [5.74, 6) is -0.524. The highest BCUT2D eigenvalue weighted by molar-refractivity contribution is 7.92. The number of nitrogens with one attached hydrogen (secondary N) is 1. The van der Waals surface area contributed by atoms with Crippen LogP contribution in [0, 0.1) is 19.8 Å². The van der Waals surface area contributed by atoms with Gasteiger partial charge in [0.05, 0.1) is 11.9 Å². The molecule has 0 bridgehead atoms. The van der Waals surface area contributed by atoms with Crippen molar-refractivity contribution in [3.05, 3.63) is 64.2 Å². The molecule has 0 aliphatic rings. The van der Waals surface area contributed by atoms with E-state index in [0.29, 0.717) is 17.3 Å². The molecule has 0 aromatic heterocycles. The van der Waals surface area contributed by atoms with Gasteiger partial charge < -0.3 is 10.2 Å². The lowest BCUT2D eigenvalue weighted by Gasteiger charge is -2.32. The van der Waals surface area contributed by atoms with Crippen LogP contribution in [0.4, 0.5) is 5.69 Å². The van der Waals surface area contributed by atoms with E-state index in [1.165, 1.54) is 4.90 Å². The van der Waals surface area contributed by atoms with E-state index in [4.69, 9.17) is 11.6 Å². The van der Waals surface area contributed by atoms with Crippen molar-refractivity contribution >= 4 is 39.1 Å². The van der Waals surface area contributed by atoms with Crippen molar-refractivity contribution < 1.29 is 18.0 Å². The van der Waals surface area contributed by atoms with Crippen molar-refractivity contribution in [1.29, 1.82) is 0 Å². The molecular weight excluding hydrogens is 474 g/mol. The van der Waals surface area contributed by atoms with Crippen molar-refractivity contribution in [1.82, 2.24) is 10.2 Å². The minimum absolute atomic E-state index is 0.136. The first-order valence-electron chi connectivity index (χ1n) is 11.2. The maximum absolute atomic E-state index is 13.5. The number of rotatable bonds is 10. The summed E-state index contributed by atoms with van der Waals surface area (Å²) >= 11 is 5.99. The molecular formula is C25H34ClN3O4S. The molecule has 7 nitrogen and oxygen atoms in total. The average Bonchev–Trinajstić information content (AvgIpc) is 2.75. The van der Waals surface area contributed by atoms with E-state index in [9.17, 15) is 18.0 Å². The number of aryl methyl sites for hydroxylation is 2. The fourth-order valence-corrected chi connectivity index (χ4v) is 4.43. The zero-order valence-electron chi connectivity index (χ0n) is 20.6. The SMILES string of the molecule is Cc1ccc(C)c(N(CC(=O)N(Cc2ccc(Cl)cc2)[C@@H](C)C(=O)NCC(C)C)S(C)(=O)=O)c1. The third-order valence-corrected chi connectivity index (χ3v) is 6.81. The highest BCUT2D eigenvalue weighted by atomic mass is 35.5. The van der Waals surface area contributed by atoms with E-state index < -0.39 is 28.5 Å². The Balaban J connectivity index is 2.40. The fraction of sp³-hybridized carbons (Fsp3) is 0.440. The molecule has 1 N–H and O–H groups in total. The Kier molecular flexibility index (Phi) is 9.53. The number of nitrogens with zero attached hydrogens (tertiary/aromatic N) is 2. The smallest absolute Gasteiger partial charge is 0.244 e. The van der Waals surface area contributed by atoms with Crippen LogP contribution in [0.25, 0.3) is 0 Å². The Labute approximate surface area is 208 Å². The summed E-state index contributed by atoms with van der Waals surface area (Å²) in [4.78, 5) is 27.8. The monoisotopic (exact) mass is 507 g/mol. The van der Waals surface area contributed by atoms with Gasteiger partial charge in [-0.15, -0.1) is 0 Å². The summed E-state index contributed by atoms with van der Waals surface area (Å²) in [6, 6.07) is 11.6. The van der Waals surface area contributed by atoms with Crippen LogP contribution < -0.4 is 9.62 Å². The van der Waals surface area contributed by atoms with Gasteiger partial charge in [0.2, 0.25) is 21.8 Å². The maximum Gasteiger partial charge on any atom is 0.244 e. The van der Waals surface area contributed by atoms with Gasteiger partial charge in [0.15, 0.2) is 0 Å². The van der Waals surface area contributed by atoms with Gasteiger partial charge in [0.25, 0.3) is 0 Å². The van der Waals surface area contributed by atoms with Crippen LogP contribution in [0.15, 0.2) is 42.5 Å². The van der Waals surface area contributed by atoms with Crippen LogP contribution in [0.5, 0.6) is 0 Å².